The fraction of sp³-hybridized carbons (Fsp3) is 0.500. The maximum absolute atomic E-state index is 11.6. The third-order valence-electron chi connectivity index (χ3n) is 4.44. The molecule has 13 heteroatoms. The molecule has 2 aliphatic rings. The topological polar surface area (TPSA) is 92.2 Å². The van der Waals surface area contributed by atoms with Crippen LogP contribution in [0.3, 0.4) is 0 Å². The Morgan fingerprint density at radius 1 is 0.974 bits per heavy atom. The van der Waals surface area contributed by atoms with Crippen molar-refractivity contribution in [3.05, 3.63) is 63.9 Å². The zero-order chi connectivity index (χ0) is 30.4. The molecule has 2 saturated carbocycles. The van der Waals surface area contributed by atoms with Gasteiger partial charge in [-0.3, -0.25) is 14.8 Å². The SMILES string of the molecule is CC(C)I.CCC1CC1.O=C(NCC1CC1)c1cncc(Br)c1.O=C(O)c1cncc(Br)c1.[CH2-]C.[I][V]([I])[I]. The molecule has 0 atom stereocenters. The first-order valence-corrected chi connectivity index (χ1v) is 28.5. The molecule has 2 aliphatic carbocycles. The Balaban J connectivity index is 0. The van der Waals surface area contributed by atoms with Gasteiger partial charge in [0.15, 0.2) is 0 Å². The molecule has 2 fully saturated rings. The number of rotatable bonds is 5. The van der Waals surface area contributed by atoms with Crippen LogP contribution in [-0.2, 0) is 4.92 Å². The molecule has 0 bridgehead atoms. The monoisotopic (exact) mass is 1160 g/mol. The van der Waals surface area contributed by atoms with E-state index in [0.717, 1.165) is 20.9 Å². The number of nitrogens with zero attached hydrogens (tertiary/aromatic N) is 2. The number of carboxylic acids is 1. The zero-order valence-corrected chi connectivity index (χ0v) is 35.7. The fourth-order valence-electron chi connectivity index (χ4n) is 2.25. The average Bonchev–Trinajstić information content (AvgIpc) is 3.78. The number of pyridine rings is 2. The first-order chi connectivity index (χ1) is 18.3. The first-order valence-electron chi connectivity index (χ1n) is 12.2. The first kappa shape index (κ1) is 42.8. The summed E-state index contributed by atoms with van der Waals surface area (Å²) in [5, 5.41) is 11.3. The molecule has 2 aromatic rings. The molecule has 0 saturated heterocycles. The van der Waals surface area contributed by atoms with Gasteiger partial charge in [-0.15, -0.1) is 0 Å². The van der Waals surface area contributed by atoms with Crippen LogP contribution in [0.25, 0.3) is 0 Å². The van der Waals surface area contributed by atoms with Crippen LogP contribution < -0.4 is 5.32 Å². The zero-order valence-electron chi connectivity index (χ0n) is 22.5. The van der Waals surface area contributed by atoms with Gasteiger partial charge in [0, 0.05) is 44.2 Å². The van der Waals surface area contributed by atoms with Gasteiger partial charge in [-0.1, -0.05) is 62.6 Å². The van der Waals surface area contributed by atoms with E-state index < -0.39 is 5.97 Å². The molecule has 222 valence electrons. The van der Waals surface area contributed by atoms with Gasteiger partial charge in [-0.05, 0) is 68.7 Å². The van der Waals surface area contributed by atoms with Gasteiger partial charge >= 0.3 is 70.8 Å². The van der Waals surface area contributed by atoms with Gasteiger partial charge in [-0.25, -0.2) is 4.79 Å². The summed E-state index contributed by atoms with van der Waals surface area (Å²) in [6, 6.07) is 3.27. The second kappa shape index (κ2) is 27.3. The average molecular weight is 1160 g/mol. The van der Waals surface area contributed by atoms with E-state index in [1.807, 2.05) is 0 Å². The maximum atomic E-state index is 11.6. The van der Waals surface area contributed by atoms with Crippen LogP contribution in [0.4, 0.5) is 0 Å². The molecule has 0 radical (unpaired) electrons. The predicted molar refractivity (Wildman–Crippen MR) is 201 cm³/mol. The molecule has 2 aromatic heterocycles. The minimum absolute atomic E-state index is 0.0364. The number of halogens is 6. The molecule has 2 N–H and O–H groups in total. The molecule has 4 rings (SSSR count). The van der Waals surface area contributed by atoms with Crippen molar-refractivity contribution in [1.29, 1.82) is 0 Å². The van der Waals surface area contributed by atoms with E-state index in [0.29, 0.717) is 16.0 Å². The molecule has 39 heavy (non-hydrogen) atoms. The molecular formula is C26H37Br2I4N3O3V-. The van der Waals surface area contributed by atoms with Crippen molar-refractivity contribution >= 4 is 126 Å². The number of carboxylic acid groups (broad SMARTS) is 1. The summed E-state index contributed by atoms with van der Waals surface area (Å²) in [4.78, 5) is 29.2. The van der Waals surface area contributed by atoms with Crippen molar-refractivity contribution in [2.45, 2.75) is 63.7 Å². The number of hydrogen-bond acceptors (Lipinski definition) is 4. The van der Waals surface area contributed by atoms with Crippen LogP contribution in [0.2, 0.25) is 0 Å². The Labute approximate surface area is 302 Å². The molecule has 0 spiro atoms. The van der Waals surface area contributed by atoms with Gasteiger partial charge in [0.1, 0.15) is 0 Å². The van der Waals surface area contributed by atoms with E-state index in [-0.39, 0.29) is 16.4 Å². The van der Waals surface area contributed by atoms with E-state index in [1.54, 1.807) is 25.4 Å². The second-order valence-electron chi connectivity index (χ2n) is 8.30. The fourth-order valence-corrected chi connectivity index (χ4v) is 2.98. The molecular weight excluding hydrogens is 1120 g/mol. The summed E-state index contributed by atoms with van der Waals surface area (Å²) in [5.74, 6) is 0.841. The number of carbonyl (C=O) groups is 2. The number of aromatic carboxylic acids is 1. The van der Waals surface area contributed by atoms with Gasteiger partial charge in [0.25, 0.3) is 5.91 Å². The second-order valence-corrected chi connectivity index (χ2v) is 48.0. The molecule has 0 aliphatic heterocycles. The quantitative estimate of drug-likeness (QED) is 0.177. The third-order valence-corrected chi connectivity index (χ3v) is 5.31. The number of alkyl halides is 1. The van der Waals surface area contributed by atoms with Crippen LogP contribution >= 0.6 is 114 Å². The molecule has 6 nitrogen and oxygen atoms in total. The number of aromatic nitrogens is 2. The van der Waals surface area contributed by atoms with Gasteiger partial charge in [-0.2, -0.15) is 6.92 Å². The summed E-state index contributed by atoms with van der Waals surface area (Å²) in [5.41, 5.74) is 0.800. The van der Waals surface area contributed by atoms with Crippen molar-refractivity contribution in [3.8, 4) is 0 Å². The Morgan fingerprint density at radius 2 is 1.36 bits per heavy atom. The third kappa shape index (κ3) is 31.0. The van der Waals surface area contributed by atoms with E-state index in [4.69, 9.17) is 5.11 Å². The van der Waals surface area contributed by atoms with Crippen LogP contribution in [0.5, 0.6) is 0 Å². The summed E-state index contributed by atoms with van der Waals surface area (Å²) in [6.45, 7) is 12.4. The molecule has 2 heterocycles. The van der Waals surface area contributed by atoms with Crippen LogP contribution in [0, 0.1) is 18.8 Å². The van der Waals surface area contributed by atoms with E-state index in [9.17, 15) is 9.59 Å². The number of nitrogens with one attached hydrogen (secondary N) is 1. The van der Waals surface area contributed by atoms with Crippen LogP contribution in [-0.4, -0.2) is 37.4 Å². The minimum atomic E-state index is -0.964. The van der Waals surface area contributed by atoms with E-state index >= 15 is 0 Å². The molecule has 0 aromatic carbocycles. The van der Waals surface area contributed by atoms with E-state index in [1.165, 1.54) is 50.6 Å². The summed E-state index contributed by atoms with van der Waals surface area (Å²) in [7, 11) is 0. The number of carbonyl (C=O) groups excluding carboxylic acids is 1. The van der Waals surface area contributed by atoms with Gasteiger partial charge in [0.2, 0.25) is 0 Å². The Hall–Kier alpha value is 1.70. The van der Waals surface area contributed by atoms with Gasteiger partial charge in [0.05, 0.1) is 11.1 Å². The Kier molecular flexibility index (Phi) is 29.9. The Morgan fingerprint density at radius 3 is 1.64 bits per heavy atom. The summed E-state index contributed by atoms with van der Waals surface area (Å²) in [6.07, 6.45) is 13.0. The Bertz CT molecular complexity index is 927. The van der Waals surface area contributed by atoms with E-state index in [2.05, 4.69) is 157 Å². The standard InChI is InChI=1S/C10H11BrN2O.C6H4BrNO2.C5H10.C3H7I.C2H5.3HI.V/c11-9-3-8(5-12-6-9)10(14)13-4-7-1-2-7;7-5-1-4(6(9)10)2-8-3-5;1-2-5-3-4-5;1-3(2)4;1-2;;;;/h3,5-7H,1-2,4H2,(H,13,14);1-3H,(H,9,10);5H,2-4H2,1H3;3H,1-2H3;1H2,2H3;3*1H;/q;;;;-1;;;;+3/p-3. The molecule has 1 amide bonds. The van der Waals surface area contributed by atoms with Crippen LogP contribution in [0.1, 0.15) is 80.5 Å². The summed E-state index contributed by atoms with van der Waals surface area (Å²) >= 11 is 16.1. The van der Waals surface area contributed by atoms with Crippen molar-refractivity contribution in [2.24, 2.45) is 11.8 Å². The number of hydrogen-bond donors (Lipinski definition) is 2. The van der Waals surface area contributed by atoms with Crippen molar-refractivity contribution in [1.82, 2.24) is 15.3 Å². The van der Waals surface area contributed by atoms with Crippen molar-refractivity contribution < 1.29 is 19.6 Å². The van der Waals surface area contributed by atoms with Crippen molar-refractivity contribution in [3.63, 3.8) is 0 Å². The summed E-state index contributed by atoms with van der Waals surface area (Å²) < 4.78 is 2.31. The molecule has 0 unspecified atom stereocenters. The predicted octanol–water partition coefficient (Wildman–Crippen LogP) is 10.7. The van der Waals surface area contributed by atoms with Crippen LogP contribution in [0.15, 0.2) is 45.9 Å². The van der Waals surface area contributed by atoms with Gasteiger partial charge < -0.3 is 17.3 Å². The normalized spacial score (nSPS) is 12.8. The van der Waals surface area contributed by atoms with Crippen molar-refractivity contribution in [2.75, 3.05) is 6.54 Å². The number of amides is 1.